The Hall–Kier alpha value is -3.72. The first-order chi connectivity index (χ1) is 20.0. The Labute approximate surface area is 249 Å². The van der Waals surface area contributed by atoms with Gasteiger partial charge < -0.3 is 10.2 Å². The number of amides is 2. The third-order valence-electron chi connectivity index (χ3n) is 7.04. The van der Waals surface area contributed by atoms with E-state index in [0.717, 1.165) is 23.8 Å². The molecule has 0 bridgehead atoms. The second-order valence-corrected chi connectivity index (χ2v) is 12.8. The maximum Gasteiger partial charge on any atom is 0.243 e. The summed E-state index contributed by atoms with van der Waals surface area (Å²) in [6, 6.07) is 22.0. The molecule has 0 heterocycles. The van der Waals surface area contributed by atoms with Crippen molar-refractivity contribution in [2.75, 3.05) is 23.7 Å². The van der Waals surface area contributed by atoms with E-state index in [1.54, 1.807) is 30.3 Å². The molecule has 0 aromatic heterocycles. The second-order valence-electron chi connectivity index (χ2n) is 10.9. The summed E-state index contributed by atoms with van der Waals surface area (Å²) < 4.78 is 41.3. The van der Waals surface area contributed by atoms with E-state index < -0.39 is 21.9 Å². The number of carbonyl (C=O) groups is 2. The summed E-state index contributed by atoms with van der Waals surface area (Å²) in [6.45, 7) is 6.43. The van der Waals surface area contributed by atoms with Crippen LogP contribution in [0.1, 0.15) is 50.3 Å². The van der Waals surface area contributed by atoms with Crippen molar-refractivity contribution >= 4 is 27.5 Å². The number of rotatable bonds is 15. The number of halogens is 1. The number of hydrogen-bond donors (Lipinski definition) is 1. The maximum atomic E-state index is 14.8. The number of hydrogen-bond acceptors (Lipinski definition) is 4. The van der Waals surface area contributed by atoms with Crippen molar-refractivity contribution in [2.45, 2.75) is 59.0 Å². The normalized spacial score (nSPS) is 12.1. The minimum absolute atomic E-state index is 0.0176. The Balaban J connectivity index is 1.88. The number of nitrogens with one attached hydrogen (secondary N) is 1. The van der Waals surface area contributed by atoms with E-state index in [1.165, 1.54) is 15.3 Å². The molecule has 0 spiro atoms. The average molecular weight is 596 g/mol. The van der Waals surface area contributed by atoms with Gasteiger partial charge in [-0.2, -0.15) is 0 Å². The molecular weight excluding hydrogens is 553 g/mol. The summed E-state index contributed by atoms with van der Waals surface area (Å²) in [5.74, 6) is -0.926. The monoisotopic (exact) mass is 595 g/mol. The van der Waals surface area contributed by atoms with Crippen molar-refractivity contribution in [1.82, 2.24) is 10.2 Å². The fourth-order valence-electron chi connectivity index (χ4n) is 4.69. The Morgan fingerprint density at radius 1 is 0.905 bits per heavy atom. The van der Waals surface area contributed by atoms with Crippen molar-refractivity contribution < 1.29 is 22.4 Å². The Morgan fingerprint density at radius 3 is 2.14 bits per heavy atom. The van der Waals surface area contributed by atoms with Gasteiger partial charge >= 0.3 is 0 Å². The SMILES string of the molecule is CCc1ccc(N(CCCC(=O)N(Cc2ccccc2F)[C@@H](Cc2ccccc2)C(=O)NCC(C)C)S(C)(=O)=O)cc1. The van der Waals surface area contributed by atoms with Crippen molar-refractivity contribution in [1.29, 1.82) is 0 Å². The number of carbonyl (C=O) groups excluding carboxylic acids is 2. The lowest BCUT2D eigenvalue weighted by Crippen LogP contribution is -2.51. The van der Waals surface area contributed by atoms with Crippen LogP contribution in [-0.2, 0) is 39.0 Å². The molecule has 0 saturated carbocycles. The first kappa shape index (κ1) is 32.8. The van der Waals surface area contributed by atoms with Crippen LogP contribution in [-0.4, -0.2) is 50.5 Å². The van der Waals surface area contributed by atoms with Crippen LogP contribution in [0.5, 0.6) is 0 Å². The molecular formula is C33H42FN3O4S. The van der Waals surface area contributed by atoms with Crippen LogP contribution in [0.15, 0.2) is 78.9 Å². The standard InChI is InChI=1S/C33H42FN3O4S/c1-5-26-17-19-29(20-18-26)37(42(4,40)41)21-11-16-32(38)36(24-28-14-9-10-15-30(28)34)31(33(39)35-23-25(2)3)22-27-12-7-6-8-13-27/h6-10,12-15,17-20,25,31H,5,11,16,21-24H2,1-4H3,(H,35,39)/t31-/m0/s1. The number of benzene rings is 3. The smallest absolute Gasteiger partial charge is 0.243 e. The predicted octanol–water partition coefficient (Wildman–Crippen LogP) is 5.35. The summed E-state index contributed by atoms with van der Waals surface area (Å²) in [4.78, 5) is 28.8. The molecule has 0 aliphatic heterocycles. The number of sulfonamides is 1. The lowest BCUT2D eigenvalue weighted by Gasteiger charge is -2.32. The molecule has 3 rings (SSSR count). The third-order valence-corrected chi connectivity index (χ3v) is 8.23. The zero-order valence-corrected chi connectivity index (χ0v) is 25.7. The van der Waals surface area contributed by atoms with Gasteiger partial charge in [0.1, 0.15) is 11.9 Å². The van der Waals surface area contributed by atoms with E-state index in [9.17, 15) is 22.4 Å². The molecule has 1 N–H and O–H groups in total. The summed E-state index contributed by atoms with van der Waals surface area (Å²) in [7, 11) is -3.60. The molecule has 226 valence electrons. The van der Waals surface area contributed by atoms with Gasteiger partial charge in [-0.25, -0.2) is 12.8 Å². The zero-order valence-electron chi connectivity index (χ0n) is 24.9. The van der Waals surface area contributed by atoms with Gasteiger partial charge in [0.25, 0.3) is 0 Å². The summed E-state index contributed by atoms with van der Waals surface area (Å²) >= 11 is 0. The Kier molecular flexibility index (Phi) is 12.1. The van der Waals surface area contributed by atoms with Crippen LogP contribution in [0.4, 0.5) is 10.1 Å². The van der Waals surface area contributed by atoms with Gasteiger partial charge in [-0.1, -0.05) is 81.4 Å². The maximum absolute atomic E-state index is 14.8. The number of aryl methyl sites for hydroxylation is 1. The topological polar surface area (TPSA) is 86.8 Å². The molecule has 0 fully saturated rings. The van der Waals surface area contributed by atoms with E-state index in [-0.39, 0.29) is 50.1 Å². The van der Waals surface area contributed by atoms with Crippen molar-refractivity contribution in [3.8, 4) is 0 Å². The predicted molar refractivity (Wildman–Crippen MR) is 166 cm³/mol. The van der Waals surface area contributed by atoms with Gasteiger partial charge in [-0.3, -0.25) is 13.9 Å². The Morgan fingerprint density at radius 2 is 1.55 bits per heavy atom. The largest absolute Gasteiger partial charge is 0.354 e. The quantitative estimate of drug-likeness (QED) is 0.257. The van der Waals surface area contributed by atoms with Crippen molar-refractivity contribution in [3.05, 3.63) is 101 Å². The fraction of sp³-hybridized carbons (Fsp3) is 0.394. The first-order valence-corrected chi connectivity index (χ1v) is 16.3. The molecule has 0 radical (unpaired) electrons. The molecule has 3 aromatic rings. The highest BCUT2D eigenvalue weighted by molar-refractivity contribution is 7.92. The third kappa shape index (κ3) is 9.69. The molecule has 0 unspecified atom stereocenters. The summed E-state index contributed by atoms with van der Waals surface area (Å²) in [5, 5.41) is 2.95. The minimum atomic E-state index is -3.60. The summed E-state index contributed by atoms with van der Waals surface area (Å²) in [5.41, 5.74) is 2.79. The lowest BCUT2D eigenvalue weighted by molar-refractivity contribution is -0.141. The zero-order chi connectivity index (χ0) is 30.7. The van der Waals surface area contributed by atoms with Gasteiger partial charge in [0.15, 0.2) is 0 Å². The van der Waals surface area contributed by atoms with E-state index >= 15 is 0 Å². The van der Waals surface area contributed by atoms with Crippen LogP contribution in [0, 0.1) is 11.7 Å². The van der Waals surface area contributed by atoms with Gasteiger partial charge in [0.2, 0.25) is 21.8 Å². The molecule has 0 saturated heterocycles. The highest BCUT2D eigenvalue weighted by Gasteiger charge is 2.31. The lowest BCUT2D eigenvalue weighted by atomic mass is 10.0. The number of nitrogens with zero attached hydrogens (tertiary/aromatic N) is 2. The highest BCUT2D eigenvalue weighted by Crippen LogP contribution is 2.21. The summed E-state index contributed by atoms with van der Waals surface area (Å²) in [6.07, 6.45) is 2.43. The van der Waals surface area contributed by atoms with Gasteiger partial charge in [0.05, 0.1) is 11.9 Å². The second kappa shape index (κ2) is 15.5. The molecule has 7 nitrogen and oxygen atoms in total. The molecule has 3 aromatic carbocycles. The first-order valence-electron chi connectivity index (χ1n) is 14.4. The molecule has 0 aliphatic rings. The Bertz CT molecular complexity index is 1410. The van der Waals surface area contributed by atoms with Gasteiger partial charge in [-0.15, -0.1) is 0 Å². The van der Waals surface area contributed by atoms with E-state index in [0.29, 0.717) is 17.8 Å². The number of anilines is 1. The fourth-order valence-corrected chi connectivity index (χ4v) is 5.65. The molecule has 42 heavy (non-hydrogen) atoms. The van der Waals surface area contributed by atoms with Crippen LogP contribution in [0.2, 0.25) is 0 Å². The molecule has 0 aliphatic carbocycles. The van der Waals surface area contributed by atoms with E-state index in [2.05, 4.69) is 5.32 Å². The van der Waals surface area contributed by atoms with Gasteiger partial charge in [0, 0.05) is 38.0 Å². The molecule has 1 atom stereocenters. The van der Waals surface area contributed by atoms with Crippen molar-refractivity contribution in [2.24, 2.45) is 5.92 Å². The van der Waals surface area contributed by atoms with Crippen molar-refractivity contribution in [3.63, 3.8) is 0 Å². The highest BCUT2D eigenvalue weighted by atomic mass is 32.2. The molecule has 2 amide bonds. The van der Waals surface area contributed by atoms with E-state index in [4.69, 9.17) is 0 Å². The van der Waals surface area contributed by atoms with Gasteiger partial charge in [-0.05, 0) is 48.1 Å². The minimum Gasteiger partial charge on any atom is -0.354 e. The van der Waals surface area contributed by atoms with Crippen LogP contribution < -0.4 is 9.62 Å². The average Bonchev–Trinajstić information content (AvgIpc) is 2.96. The van der Waals surface area contributed by atoms with Crippen LogP contribution >= 0.6 is 0 Å². The van der Waals surface area contributed by atoms with E-state index in [1.807, 2.05) is 63.2 Å². The molecule has 9 heteroatoms. The van der Waals surface area contributed by atoms with Crippen LogP contribution in [0.3, 0.4) is 0 Å². The van der Waals surface area contributed by atoms with Crippen LogP contribution in [0.25, 0.3) is 0 Å².